The number of benzene rings is 3. The number of hydrogen-bond acceptors (Lipinski definition) is 4. The van der Waals surface area contributed by atoms with Crippen molar-refractivity contribution in [1.82, 2.24) is 9.97 Å². The lowest BCUT2D eigenvalue weighted by Gasteiger charge is -2.22. The van der Waals surface area contributed by atoms with Crippen LogP contribution in [0.2, 0.25) is 0 Å². The van der Waals surface area contributed by atoms with Crippen LogP contribution in [0.15, 0.2) is 72.8 Å². The summed E-state index contributed by atoms with van der Waals surface area (Å²) in [5.74, 6) is -1.83. The number of para-hydroxylation sites is 2. The van der Waals surface area contributed by atoms with Crippen molar-refractivity contribution >= 4 is 57.0 Å². The minimum atomic E-state index is -0.917. The van der Waals surface area contributed by atoms with Gasteiger partial charge in [-0.15, -0.1) is 0 Å². The zero-order chi connectivity index (χ0) is 28.8. The second kappa shape index (κ2) is 10.4. The highest BCUT2D eigenvalue weighted by Gasteiger charge is 2.26. The summed E-state index contributed by atoms with van der Waals surface area (Å²) >= 11 is 0. The summed E-state index contributed by atoms with van der Waals surface area (Å²) in [6.07, 6.45) is 9.01. The third kappa shape index (κ3) is 4.45. The first-order valence-corrected chi connectivity index (χ1v) is 14.3. The number of hydrogen-bond donors (Lipinski definition) is 2. The minimum absolute atomic E-state index is 0.358. The molecule has 0 bridgehead atoms. The van der Waals surface area contributed by atoms with Crippen molar-refractivity contribution in [2.24, 2.45) is 0 Å². The Labute approximate surface area is 242 Å². The van der Waals surface area contributed by atoms with Gasteiger partial charge in [0.1, 0.15) is 0 Å². The number of pyridine rings is 2. The number of carboxylic acids is 2. The highest BCUT2D eigenvalue weighted by Crippen LogP contribution is 2.38. The van der Waals surface area contributed by atoms with Crippen molar-refractivity contribution in [2.75, 3.05) is 0 Å². The van der Waals surface area contributed by atoms with Crippen LogP contribution >= 0.6 is 0 Å². The van der Waals surface area contributed by atoms with Gasteiger partial charge >= 0.3 is 11.9 Å². The molecule has 2 heterocycles. The molecule has 0 saturated heterocycles. The van der Waals surface area contributed by atoms with E-state index in [0.717, 1.165) is 70.5 Å². The molecule has 5 aromatic rings. The molecule has 42 heavy (non-hydrogen) atoms. The molecule has 0 spiro atoms. The molecule has 0 saturated carbocycles. The predicted molar refractivity (Wildman–Crippen MR) is 165 cm³/mol. The van der Waals surface area contributed by atoms with Gasteiger partial charge in [-0.25, -0.2) is 19.6 Å². The average Bonchev–Trinajstić information content (AvgIpc) is 2.99. The lowest BCUT2D eigenvalue weighted by molar-refractivity contribution is 0.0686. The quantitative estimate of drug-likeness (QED) is 0.235. The van der Waals surface area contributed by atoms with Crippen LogP contribution in [0.1, 0.15) is 80.0 Å². The molecule has 0 atom stereocenters. The van der Waals surface area contributed by atoms with E-state index in [9.17, 15) is 19.8 Å². The summed E-state index contributed by atoms with van der Waals surface area (Å²) in [5, 5.41) is 21.5. The first kappa shape index (κ1) is 25.8. The number of rotatable bonds is 4. The largest absolute Gasteiger partial charge is 0.478 e. The Morgan fingerprint density at radius 2 is 1.05 bits per heavy atom. The normalized spacial score (nSPS) is 16.5. The Hall–Kier alpha value is -5.10. The zero-order valence-corrected chi connectivity index (χ0v) is 22.9. The van der Waals surface area contributed by atoms with Crippen molar-refractivity contribution in [3.8, 4) is 0 Å². The van der Waals surface area contributed by atoms with Gasteiger partial charge in [-0.05, 0) is 102 Å². The number of aromatic nitrogens is 2. The van der Waals surface area contributed by atoms with E-state index >= 15 is 0 Å². The van der Waals surface area contributed by atoms with E-state index in [0.29, 0.717) is 45.8 Å². The summed E-state index contributed by atoms with van der Waals surface area (Å²) < 4.78 is 0. The van der Waals surface area contributed by atoms with E-state index in [1.807, 2.05) is 66.7 Å². The van der Waals surface area contributed by atoms with Gasteiger partial charge in [0.05, 0.1) is 33.5 Å². The van der Waals surface area contributed by atoms with Gasteiger partial charge in [-0.2, -0.15) is 0 Å². The molecule has 2 aliphatic rings. The van der Waals surface area contributed by atoms with E-state index in [-0.39, 0.29) is 0 Å². The number of carbonyl (C=O) groups is 2. The number of carboxylic acid groups (broad SMARTS) is 2. The molecule has 0 unspecified atom stereocenters. The fraction of sp³-hybridized carbons (Fsp3) is 0.167. The van der Waals surface area contributed by atoms with Crippen LogP contribution < -0.4 is 0 Å². The Balaban J connectivity index is 1.31. The molecule has 0 amide bonds. The zero-order valence-electron chi connectivity index (χ0n) is 22.9. The third-order valence-electron chi connectivity index (χ3n) is 8.36. The van der Waals surface area contributed by atoms with Crippen LogP contribution in [0.3, 0.4) is 0 Å². The standard InChI is InChI=1S/C36H28N2O4/c39-35(40)31-25-12-1-3-16-29(25)37-33-23(10-6-14-27(31)33)19-21-8-5-9-22(18-21)20-24-11-7-15-28-32(36(41)42)26-13-2-4-17-30(26)38-34(24)28/h1-5,8-9,12-13,16-20H,6-7,10-11,14-15H2,(H,39,40)(H,41,42)/b23-19-,24-20-. The highest BCUT2D eigenvalue weighted by molar-refractivity contribution is 6.07. The van der Waals surface area contributed by atoms with Crippen LogP contribution in [0, 0.1) is 0 Å². The number of allylic oxidation sites excluding steroid dienone is 2. The number of nitrogens with zero attached hydrogens (tertiary/aromatic N) is 2. The molecule has 3 aromatic carbocycles. The molecule has 0 fully saturated rings. The molecule has 2 N–H and O–H groups in total. The number of aromatic carboxylic acids is 2. The van der Waals surface area contributed by atoms with Crippen LogP contribution in [0.5, 0.6) is 0 Å². The van der Waals surface area contributed by atoms with Crippen molar-refractivity contribution < 1.29 is 19.8 Å². The van der Waals surface area contributed by atoms with Crippen molar-refractivity contribution in [3.63, 3.8) is 0 Å². The van der Waals surface area contributed by atoms with Gasteiger partial charge in [-0.1, -0.05) is 54.6 Å². The van der Waals surface area contributed by atoms with Gasteiger partial charge in [-0.3, -0.25) is 0 Å². The average molecular weight is 553 g/mol. The van der Waals surface area contributed by atoms with Crippen LogP contribution in [0.25, 0.3) is 45.1 Å². The van der Waals surface area contributed by atoms with Crippen LogP contribution in [-0.4, -0.2) is 32.1 Å². The lowest BCUT2D eigenvalue weighted by atomic mass is 9.85. The first-order valence-electron chi connectivity index (χ1n) is 14.3. The van der Waals surface area contributed by atoms with Gasteiger partial charge < -0.3 is 10.2 Å². The SMILES string of the molecule is O=C(O)c1c2c(nc3ccccc13)/C(=C\c1cccc(/C=C3/CCCc4c3nc3ccccc3c4C(=O)O)c1)CCC2. The molecule has 7 rings (SSSR count). The van der Waals surface area contributed by atoms with E-state index in [1.165, 1.54) is 0 Å². The Morgan fingerprint density at radius 3 is 1.50 bits per heavy atom. The summed E-state index contributed by atoms with van der Waals surface area (Å²) in [4.78, 5) is 34.5. The molecular weight excluding hydrogens is 524 g/mol. The first-order chi connectivity index (χ1) is 20.5. The fourth-order valence-corrected chi connectivity index (χ4v) is 6.58. The monoisotopic (exact) mass is 552 g/mol. The molecule has 2 aliphatic carbocycles. The number of fused-ring (bicyclic) bond motifs is 4. The molecule has 6 nitrogen and oxygen atoms in total. The molecule has 0 aliphatic heterocycles. The highest BCUT2D eigenvalue weighted by atomic mass is 16.4. The summed E-state index contributed by atoms with van der Waals surface area (Å²) in [6.45, 7) is 0. The Morgan fingerprint density at radius 1 is 0.595 bits per heavy atom. The Kier molecular flexibility index (Phi) is 6.39. The van der Waals surface area contributed by atoms with Gasteiger partial charge in [0, 0.05) is 10.8 Å². The smallest absolute Gasteiger partial charge is 0.336 e. The molecule has 206 valence electrons. The molecule has 2 aromatic heterocycles. The Bertz CT molecular complexity index is 1860. The lowest BCUT2D eigenvalue weighted by Crippen LogP contribution is -2.13. The maximum atomic E-state index is 12.3. The van der Waals surface area contributed by atoms with E-state index < -0.39 is 11.9 Å². The summed E-state index contributed by atoms with van der Waals surface area (Å²) in [5.41, 5.74) is 9.36. The topological polar surface area (TPSA) is 100 Å². The van der Waals surface area contributed by atoms with Crippen molar-refractivity contribution in [3.05, 3.63) is 118 Å². The second-order valence-corrected chi connectivity index (χ2v) is 11.0. The molecule has 6 heteroatoms. The summed E-state index contributed by atoms with van der Waals surface area (Å²) in [7, 11) is 0. The molecular formula is C36H28N2O4. The van der Waals surface area contributed by atoms with Crippen molar-refractivity contribution in [1.29, 1.82) is 0 Å². The van der Waals surface area contributed by atoms with Gasteiger partial charge in [0.25, 0.3) is 0 Å². The fourth-order valence-electron chi connectivity index (χ4n) is 6.58. The van der Waals surface area contributed by atoms with Crippen LogP contribution in [-0.2, 0) is 12.8 Å². The minimum Gasteiger partial charge on any atom is -0.478 e. The van der Waals surface area contributed by atoms with E-state index in [4.69, 9.17) is 9.97 Å². The summed E-state index contributed by atoms with van der Waals surface area (Å²) in [6, 6.07) is 23.1. The van der Waals surface area contributed by atoms with E-state index in [2.05, 4.69) is 18.2 Å². The van der Waals surface area contributed by atoms with Crippen molar-refractivity contribution in [2.45, 2.75) is 38.5 Å². The van der Waals surface area contributed by atoms with Crippen LogP contribution in [0.4, 0.5) is 0 Å². The second-order valence-electron chi connectivity index (χ2n) is 11.0. The van der Waals surface area contributed by atoms with Gasteiger partial charge in [0.15, 0.2) is 0 Å². The maximum Gasteiger partial charge on any atom is 0.336 e. The van der Waals surface area contributed by atoms with E-state index in [1.54, 1.807) is 0 Å². The maximum absolute atomic E-state index is 12.3. The third-order valence-corrected chi connectivity index (χ3v) is 8.36. The predicted octanol–water partition coefficient (Wildman–Crippen LogP) is 7.93. The molecule has 0 radical (unpaired) electrons. The van der Waals surface area contributed by atoms with Gasteiger partial charge in [0.2, 0.25) is 0 Å².